The quantitative estimate of drug-likeness (QED) is 0.916. The lowest BCUT2D eigenvalue weighted by molar-refractivity contribution is 0.538. The normalized spacial score (nSPS) is 18.4. The lowest BCUT2D eigenvalue weighted by Crippen LogP contribution is -2.40. The standard InChI is InChI=1S/C16H16F2N2O2S/c1-11-10-20(15-5-3-2-4-12(15)9-19-11)23(21,22)16-7-6-13(17)8-14(16)18/h2-8,11,19H,9-10H2,1H3. The number of nitrogens with zero attached hydrogens (tertiary/aromatic N) is 1. The van der Waals surface area contributed by atoms with Gasteiger partial charge in [0.25, 0.3) is 10.0 Å². The van der Waals surface area contributed by atoms with Crippen molar-refractivity contribution in [3.8, 4) is 0 Å². The Balaban J connectivity index is 2.14. The van der Waals surface area contributed by atoms with Gasteiger partial charge in [0.1, 0.15) is 16.5 Å². The van der Waals surface area contributed by atoms with Gasteiger partial charge in [-0.25, -0.2) is 17.2 Å². The van der Waals surface area contributed by atoms with Crippen LogP contribution in [0.5, 0.6) is 0 Å². The van der Waals surface area contributed by atoms with E-state index in [-0.39, 0.29) is 12.6 Å². The molecule has 1 N–H and O–H groups in total. The SMILES string of the molecule is CC1CN(S(=O)(=O)c2ccc(F)cc2F)c2ccccc2CN1. The molecule has 1 heterocycles. The van der Waals surface area contributed by atoms with Gasteiger partial charge >= 0.3 is 0 Å². The topological polar surface area (TPSA) is 49.4 Å². The third-order valence-corrected chi connectivity index (χ3v) is 5.62. The van der Waals surface area contributed by atoms with Crippen molar-refractivity contribution in [3.05, 3.63) is 59.7 Å². The summed E-state index contributed by atoms with van der Waals surface area (Å²) < 4.78 is 54.1. The van der Waals surface area contributed by atoms with Gasteiger partial charge in [-0.05, 0) is 30.7 Å². The van der Waals surface area contributed by atoms with Gasteiger partial charge in [-0.2, -0.15) is 0 Å². The van der Waals surface area contributed by atoms with E-state index in [2.05, 4.69) is 5.32 Å². The highest BCUT2D eigenvalue weighted by Crippen LogP contribution is 2.30. The van der Waals surface area contributed by atoms with Gasteiger partial charge in [0.15, 0.2) is 0 Å². The summed E-state index contributed by atoms with van der Waals surface area (Å²) >= 11 is 0. The fourth-order valence-corrected chi connectivity index (χ4v) is 4.27. The van der Waals surface area contributed by atoms with E-state index in [1.165, 1.54) is 4.31 Å². The molecule has 0 saturated carbocycles. The summed E-state index contributed by atoms with van der Waals surface area (Å²) in [6.45, 7) is 2.54. The van der Waals surface area contributed by atoms with Crippen LogP contribution in [0.15, 0.2) is 47.4 Å². The molecule has 1 atom stereocenters. The Morgan fingerprint density at radius 2 is 1.91 bits per heavy atom. The second kappa shape index (κ2) is 5.90. The molecule has 0 radical (unpaired) electrons. The maximum atomic E-state index is 14.0. The van der Waals surface area contributed by atoms with Crippen molar-refractivity contribution < 1.29 is 17.2 Å². The van der Waals surface area contributed by atoms with Crippen molar-refractivity contribution in [1.29, 1.82) is 0 Å². The molecule has 4 nitrogen and oxygen atoms in total. The molecule has 0 bridgehead atoms. The Hall–Kier alpha value is -1.99. The second-order valence-corrected chi connectivity index (χ2v) is 7.35. The zero-order valence-corrected chi connectivity index (χ0v) is 13.3. The number of fused-ring (bicyclic) bond motifs is 1. The number of hydrogen-bond donors (Lipinski definition) is 1. The molecule has 0 aromatic heterocycles. The minimum Gasteiger partial charge on any atom is -0.308 e. The molecule has 7 heteroatoms. The Morgan fingerprint density at radius 3 is 2.65 bits per heavy atom. The Kier molecular flexibility index (Phi) is 4.08. The van der Waals surface area contributed by atoms with Crippen LogP contribution in [0.1, 0.15) is 12.5 Å². The Labute approximate surface area is 133 Å². The number of benzene rings is 2. The number of hydrogen-bond acceptors (Lipinski definition) is 3. The fourth-order valence-electron chi connectivity index (χ4n) is 2.63. The largest absolute Gasteiger partial charge is 0.308 e. The highest BCUT2D eigenvalue weighted by atomic mass is 32.2. The van der Waals surface area contributed by atoms with Gasteiger partial charge < -0.3 is 5.32 Å². The van der Waals surface area contributed by atoms with Crippen molar-refractivity contribution in [2.45, 2.75) is 24.4 Å². The molecular formula is C16H16F2N2O2S. The van der Waals surface area contributed by atoms with Crippen molar-refractivity contribution in [2.24, 2.45) is 0 Å². The van der Waals surface area contributed by atoms with E-state index in [9.17, 15) is 17.2 Å². The van der Waals surface area contributed by atoms with E-state index in [1.807, 2.05) is 19.1 Å². The van der Waals surface area contributed by atoms with Crippen LogP contribution in [-0.2, 0) is 16.6 Å². The third-order valence-electron chi connectivity index (χ3n) is 3.80. The number of sulfonamides is 1. The van der Waals surface area contributed by atoms with Crippen LogP contribution in [0.3, 0.4) is 0 Å². The fraction of sp³-hybridized carbons (Fsp3) is 0.250. The molecule has 0 spiro atoms. The van der Waals surface area contributed by atoms with Crippen molar-refractivity contribution in [3.63, 3.8) is 0 Å². The monoisotopic (exact) mass is 338 g/mol. The molecule has 0 fully saturated rings. The number of nitrogens with one attached hydrogen (secondary N) is 1. The van der Waals surface area contributed by atoms with E-state index < -0.39 is 26.6 Å². The molecule has 2 aromatic rings. The van der Waals surface area contributed by atoms with Crippen LogP contribution in [0.4, 0.5) is 14.5 Å². The minimum atomic E-state index is -4.13. The summed E-state index contributed by atoms with van der Waals surface area (Å²) in [6, 6.07) is 9.45. The zero-order valence-electron chi connectivity index (χ0n) is 12.5. The third kappa shape index (κ3) is 2.94. The molecule has 2 aromatic carbocycles. The summed E-state index contributed by atoms with van der Waals surface area (Å²) in [5.74, 6) is -1.90. The van der Waals surface area contributed by atoms with Gasteiger partial charge in [-0.15, -0.1) is 0 Å². The Morgan fingerprint density at radius 1 is 1.17 bits per heavy atom. The molecule has 3 rings (SSSR count). The van der Waals surface area contributed by atoms with E-state index in [1.54, 1.807) is 12.1 Å². The number of rotatable bonds is 2. The van der Waals surface area contributed by atoms with Crippen LogP contribution in [0.25, 0.3) is 0 Å². The minimum absolute atomic E-state index is 0.110. The Bertz CT molecular complexity index is 840. The van der Waals surface area contributed by atoms with E-state index in [0.29, 0.717) is 18.3 Å². The summed E-state index contributed by atoms with van der Waals surface area (Å²) in [6.07, 6.45) is 0. The van der Waals surface area contributed by atoms with Crippen molar-refractivity contribution in [1.82, 2.24) is 5.32 Å². The molecular weight excluding hydrogens is 322 g/mol. The highest BCUT2D eigenvalue weighted by molar-refractivity contribution is 7.92. The van der Waals surface area contributed by atoms with E-state index in [0.717, 1.165) is 17.7 Å². The molecule has 23 heavy (non-hydrogen) atoms. The number of para-hydroxylation sites is 1. The number of halogens is 2. The zero-order chi connectivity index (χ0) is 16.6. The first kappa shape index (κ1) is 15.9. The average molecular weight is 338 g/mol. The van der Waals surface area contributed by atoms with E-state index in [4.69, 9.17) is 0 Å². The van der Waals surface area contributed by atoms with Gasteiger partial charge in [0.05, 0.1) is 5.69 Å². The van der Waals surface area contributed by atoms with Crippen molar-refractivity contribution >= 4 is 15.7 Å². The van der Waals surface area contributed by atoms with Crippen LogP contribution < -0.4 is 9.62 Å². The molecule has 1 unspecified atom stereocenters. The van der Waals surface area contributed by atoms with E-state index >= 15 is 0 Å². The van der Waals surface area contributed by atoms with Gasteiger partial charge in [-0.1, -0.05) is 18.2 Å². The molecule has 1 aliphatic rings. The predicted octanol–water partition coefficient (Wildman–Crippen LogP) is 2.65. The van der Waals surface area contributed by atoms with Gasteiger partial charge in [-0.3, -0.25) is 4.31 Å². The molecule has 0 saturated heterocycles. The van der Waals surface area contributed by atoms with Crippen LogP contribution in [-0.4, -0.2) is 21.0 Å². The lowest BCUT2D eigenvalue weighted by atomic mass is 10.2. The first-order valence-corrected chi connectivity index (χ1v) is 8.62. The van der Waals surface area contributed by atoms with Crippen LogP contribution in [0, 0.1) is 11.6 Å². The first-order chi connectivity index (χ1) is 10.9. The van der Waals surface area contributed by atoms with Crippen LogP contribution >= 0.6 is 0 Å². The molecule has 0 amide bonds. The van der Waals surface area contributed by atoms with Gasteiger partial charge in [0, 0.05) is 25.2 Å². The average Bonchev–Trinajstić information content (AvgIpc) is 2.67. The lowest BCUT2D eigenvalue weighted by Gasteiger charge is -2.26. The molecule has 1 aliphatic heterocycles. The predicted molar refractivity (Wildman–Crippen MR) is 83.6 cm³/mol. The maximum Gasteiger partial charge on any atom is 0.267 e. The summed E-state index contributed by atoms with van der Waals surface area (Å²) in [4.78, 5) is -0.525. The van der Waals surface area contributed by atoms with Crippen LogP contribution in [0.2, 0.25) is 0 Å². The maximum absolute atomic E-state index is 14.0. The summed E-state index contributed by atoms with van der Waals surface area (Å²) in [7, 11) is -4.13. The first-order valence-electron chi connectivity index (χ1n) is 7.18. The van der Waals surface area contributed by atoms with Gasteiger partial charge in [0.2, 0.25) is 0 Å². The molecule has 0 aliphatic carbocycles. The smallest absolute Gasteiger partial charge is 0.267 e. The molecule has 122 valence electrons. The highest BCUT2D eigenvalue weighted by Gasteiger charge is 2.32. The number of anilines is 1. The summed E-state index contributed by atoms with van der Waals surface area (Å²) in [5, 5.41) is 3.22. The second-order valence-electron chi connectivity index (χ2n) is 5.52. The summed E-state index contributed by atoms with van der Waals surface area (Å²) in [5.41, 5.74) is 1.32. The van der Waals surface area contributed by atoms with Crippen molar-refractivity contribution in [2.75, 3.05) is 10.8 Å².